The van der Waals surface area contributed by atoms with Gasteiger partial charge in [0.25, 0.3) is 11.8 Å². The van der Waals surface area contributed by atoms with Gasteiger partial charge in [-0.1, -0.05) is 12.1 Å². The van der Waals surface area contributed by atoms with E-state index in [9.17, 15) is 18.4 Å². The standard InChI is InChI=1S/C19H15F2N3O3S/c1-11-9-14(27-19(20)21)16(28-11)18(26)23-13-6-4-5-12(10-13)17(25)24-15-7-2-3-8-22-15/h2-10,19H,1H3,(H,23,26)(H,22,24,25). The van der Waals surface area contributed by atoms with Crippen molar-refractivity contribution in [3.63, 3.8) is 0 Å². The summed E-state index contributed by atoms with van der Waals surface area (Å²) in [5.74, 6) is -0.789. The van der Waals surface area contributed by atoms with E-state index in [1.54, 1.807) is 49.5 Å². The highest BCUT2D eigenvalue weighted by Crippen LogP contribution is 2.31. The number of halogens is 2. The number of carbonyl (C=O) groups is 2. The number of nitrogens with zero attached hydrogens (tertiary/aromatic N) is 1. The van der Waals surface area contributed by atoms with Crippen molar-refractivity contribution in [2.24, 2.45) is 0 Å². The Bertz CT molecular complexity index is 993. The fraction of sp³-hybridized carbons (Fsp3) is 0.105. The van der Waals surface area contributed by atoms with E-state index in [4.69, 9.17) is 0 Å². The lowest BCUT2D eigenvalue weighted by Crippen LogP contribution is -2.15. The fourth-order valence-electron chi connectivity index (χ4n) is 2.38. The molecule has 0 bridgehead atoms. The Labute approximate surface area is 163 Å². The molecule has 9 heteroatoms. The third kappa shape index (κ3) is 4.89. The average molecular weight is 403 g/mol. The van der Waals surface area contributed by atoms with Crippen LogP contribution in [0.15, 0.2) is 54.7 Å². The van der Waals surface area contributed by atoms with Crippen LogP contribution in [0, 0.1) is 6.92 Å². The van der Waals surface area contributed by atoms with E-state index < -0.39 is 18.4 Å². The van der Waals surface area contributed by atoms with Crippen molar-refractivity contribution in [2.75, 3.05) is 10.6 Å². The van der Waals surface area contributed by atoms with Crippen molar-refractivity contribution in [1.29, 1.82) is 0 Å². The van der Waals surface area contributed by atoms with Gasteiger partial charge in [-0.15, -0.1) is 11.3 Å². The van der Waals surface area contributed by atoms with Gasteiger partial charge in [0.1, 0.15) is 16.4 Å². The number of carbonyl (C=O) groups excluding carboxylic acids is 2. The van der Waals surface area contributed by atoms with Gasteiger partial charge >= 0.3 is 6.61 Å². The van der Waals surface area contributed by atoms with Crippen LogP contribution in [0.2, 0.25) is 0 Å². The molecule has 0 atom stereocenters. The monoisotopic (exact) mass is 403 g/mol. The van der Waals surface area contributed by atoms with Gasteiger partial charge in [0, 0.05) is 22.3 Å². The van der Waals surface area contributed by atoms with Crippen LogP contribution in [0.4, 0.5) is 20.3 Å². The van der Waals surface area contributed by atoms with Gasteiger partial charge in [0.15, 0.2) is 0 Å². The molecule has 2 aromatic heterocycles. The molecule has 144 valence electrons. The van der Waals surface area contributed by atoms with E-state index >= 15 is 0 Å². The summed E-state index contributed by atoms with van der Waals surface area (Å²) in [6.45, 7) is -1.35. The molecule has 2 heterocycles. The van der Waals surface area contributed by atoms with Crippen LogP contribution in [-0.2, 0) is 0 Å². The number of pyridine rings is 1. The summed E-state index contributed by atoms with van der Waals surface area (Å²) in [4.78, 5) is 29.5. The molecule has 0 aliphatic heterocycles. The summed E-state index contributed by atoms with van der Waals surface area (Å²) >= 11 is 1.04. The summed E-state index contributed by atoms with van der Waals surface area (Å²) < 4.78 is 29.4. The second-order valence-electron chi connectivity index (χ2n) is 5.63. The lowest BCUT2D eigenvalue weighted by Gasteiger charge is -2.09. The maximum absolute atomic E-state index is 12.5. The average Bonchev–Trinajstić information content (AvgIpc) is 3.02. The number of benzene rings is 1. The Morgan fingerprint density at radius 2 is 1.89 bits per heavy atom. The normalized spacial score (nSPS) is 10.6. The third-order valence-electron chi connectivity index (χ3n) is 3.53. The van der Waals surface area contributed by atoms with Crippen LogP contribution in [0.3, 0.4) is 0 Å². The number of nitrogens with one attached hydrogen (secondary N) is 2. The number of thiophene rings is 1. The van der Waals surface area contributed by atoms with Crippen molar-refractivity contribution >= 4 is 34.7 Å². The summed E-state index contributed by atoms with van der Waals surface area (Å²) in [5, 5.41) is 5.24. The van der Waals surface area contributed by atoms with Crippen LogP contribution < -0.4 is 15.4 Å². The number of rotatable bonds is 6. The molecule has 2 amide bonds. The first-order valence-electron chi connectivity index (χ1n) is 8.11. The quantitative estimate of drug-likeness (QED) is 0.632. The Kier molecular flexibility index (Phi) is 5.95. The van der Waals surface area contributed by atoms with E-state index in [1.807, 2.05) is 0 Å². The van der Waals surface area contributed by atoms with Crippen molar-refractivity contribution in [1.82, 2.24) is 4.98 Å². The number of alkyl halides is 2. The predicted molar refractivity (Wildman–Crippen MR) is 102 cm³/mol. The molecule has 0 spiro atoms. The predicted octanol–water partition coefficient (Wildman–Crippen LogP) is 4.56. The Morgan fingerprint density at radius 1 is 1.07 bits per heavy atom. The summed E-state index contributed by atoms with van der Waals surface area (Å²) in [5.41, 5.74) is 0.641. The lowest BCUT2D eigenvalue weighted by atomic mass is 10.2. The molecule has 0 saturated heterocycles. The maximum atomic E-state index is 12.5. The molecule has 28 heavy (non-hydrogen) atoms. The largest absolute Gasteiger partial charge is 0.433 e. The Balaban J connectivity index is 1.74. The number of amides is 2. The number of aryl methyl sites for hydroxylation is 1. The van der Waals surface area contributed by atoms with Crippen LogP contribution >= 0.6 is 11.3 Å². The molecular formula is C19H15F2N3O3S. The van der Waals surface area contributed by atoms with Gasteiger partial charge in [-0.25, -0.2) is 4.98 Å². The molecule has 1 aromatic carbocycles. The number of aromatic nitrogens is 1. The number of anilines is 2. The van der Waals surface area contributed by atoms with E-state index in [0.717, 1.165) is 11.3 Å². The van der Waals surface area contributed by atoms with Crippen molar-refractivity contribution in [3.05, 3.63) is 70.0 Å². The first-order valence-corrected chi connectivity index (χ1v) is 8.93. The minimum atomic E-state index is -3.03. The van der Waals surface area contributed by atoms with E-state index in [1.165, 1.54) is 12.1 Å². The molecule has 6 nitrogen and oxygen atoms in total. The minimum absolute atomic E-state index is 0.0288. The molecule has 0 aliphatic rings. The SMILES string of the molecule is Cc1cc(OC(F)F)c(C(=O)Nc2cccc(C(=O)Nc3ccccn3)c2)s1. The summed E-state index contributed by atoms with van der Waals surface area (Å²) in [6.07, 6.45) is 1.55. The molecule has 3 rings (SSSR count). The van der Waals surface area contributed by atoms with Crippen LogP contribution in [0.25, 0.3) is 0 Å². The molecule has 0 radical (unpaired) electrons. The highest BCUT2D eigenvalue weighted by Gasteiger charge is 2.20. The van der Waals surface area contributed by atoms with Crippen molar-refractivity contribution < 1.29 is 23.1 Å². The van der Waals surface area contributed by atoms with Gasteiger partial charge < -0.3 is 15.4 Å². The highest BCUT2D eigenvalue weighted by molar-refractivity contribution is 7.14. The second-order valence-corrected chi connectivity index (χ2v) is 6.89. The first-order chi connectivity index (χ1) is 13.4. The molecule has 0 fully saturated rings. The van der Waals surface area contributed by atoms with Crippen LogP contribution in [-0.4, -0.2) is 23.4 Å². The number of hydrogen-bond acceptors (Lipinski definition) is 5. The van der Waals surface area contributed by atoms with Crippen LogP contribution in [0.5, 0.6) is 5.75 Å². The zero-order chi connectivity index (χ0) is 20.1. The highest BCUT2D eigenvalue weighted by atomic mass is 32.1. The molecule has 0 saturated carbocycles. The van der Waals surface area contributed by atoms with Gasteiger partial charge in [-0.05, 0) is 43.3 Å². The molecule has 0 unspecified atom stereocenters. The van der Waals surface area contributed by atoms with Gasteiger partial charge in [-0.2, -0.15) is 8.78 Å². The smallest absolute Gasteiger partial charge is 0.387 e. The number of ether oxygens (including phenoxy) is 1. The third-order valence-corrected chi connectivity index (χ3v) is 4.56. The van der Waals surface area contributed by atoms with Crippen molar-refractivity contribution in [3.8, 4) is 5.75 Å². The maximum Gasteiger partial charge on any atom is 0.387 e. The molecule has 2 N–H and O–H groups in total. The molecular weight excluding hydrogens is 388 g/mol. The van der Waals surface area contributed by atoms with Crippen molar-refractivity contribution in [2.45, 2.75) is 13.5 Å². The Hall–Kier alpha value is -3.33. The van der Waals surface area contributed by atoms with E-state index in [0.29, 0.717) is 21.9 Å². The molecule has 3 aromatic rings. The van der Waals surface area contributed by atoms with E-state index in [-0.39, 0.29) is 10.6 Å². The van der Waals surface area contributed by atoms with Crippen LogP contribution in [0.1, 0.15) is 24.9 Å². The zero-order valence-electron chi connectivity index (χ0n) is 14.6. The Morgan fingerprint density at radius 3 is 2.61 bits per heavy atom. The van der Waals surface area contributed by atoms with Gasteiger partial charge in [0.2, 0.25) is 0 Å². The molecule has 0 aliphatic carbocycles. The van der Waals surface area contributed by atoms with Gasteiger partial charge in [-0.3, -0.25) is 9.59 Å². The number of hydrogen-bond donors (Lipinski definition) is 2. The second kappa shape index (κ2) is 8.57. The fourth-order valence-corrected chi connectivity index (χ4v) is 3.22. The zero-order valence-corrected chi connectivity index (χ0v) is 15.4. The summed E-state index contributed by atoms with van der Waals surface area (Å²) in [7, 11) is 0. The van der Waals surface area contributed by atoms with Gasteiger partial charge in [0.05, 0.1) is 0 Å². The lowest BCUT2D eigenvalue weighted by molar-refractivity contribution is -0.0498. The minimum Gasteiger partial charge on any atom is -0.433 e. The van der Waals surface area contributed by atoms with E-state index in [2.05, 4.69) is 20.4 Å². The first kappa shape index (κ1) is 19.4. The topological polar surface area (TPSA) is 80.3 Å². The summed E-state index contributed by atoms with van der Waals surface area (Å²) in [6, 6.07) is 12.7.